The van der Waals surface area contributed by atoms with E-state index in [4.69, 9.17) is 10.8 Å². The zero-order valence-corrected chi connectivity index (χ0v) is 11.1. The summed E-state index contributed by atoms with van der Waals surface area (Å²) < 4.78 is 0. The van der Waals surface area contributed by atoms with Crippen LogP contribution in [0.15, 0.2) is 52.6 Å². The van der Waals surface area contributed by atoms with Gasteiger partial charge in [-0.05, 0) is 18.2 Å². The number of para-hydroxylation sites is 1. The molecule has 0 bridgehead atoms. The Kier molecular flexibility index (Phi) is 3.08. The van der Waals surface area contributed by atoms with Crippen LogP contribution in [0.4, 0.5) is 5.69 Å². The number of pyridine rings is 1. The number of hydrogen-bond donors (Lipinski definition) is 3. The van der Waals surface area contributed by atoms with Crippen LogP contribution in [0.5, 0.6) is 0 Å². The summed E-state index contributed by atoms with van der Waals surface area (Å²) in [5.41, 5.74) is 7.12. The van der Waals surface area contributed by atoms with E-state index in [1.54, 1.807) is 0 Å². The second-order valence-corrected chi connectivity index (χ2v) is 5.24. The van der Waals surface area contributed by atoms with Gasteiger partial charge in [0.2, 0.25) is 0 Å². The van der Waals surface area contributed by atoms with E-state index in [0.29, 0.717) is 5.03 Å². The summed E-state index contributed by atoms with van der Waals surface area (Å²) in [6, 6.07) is 11.3. The largest absolute Gasteiger partial charge is 0.478 e. The molecule has 2 aromatic heterocycles. The number of hydrogen-bond acceptors (Lipinski definition) is 4. The maximum Gasteiger partial charge on any atom is 0.337 e. The Morgan fingerprint density at radius 1 is 1.30 bits per heavy atom. The number of H-pyrrole nitrogens is 1. The number of benzene rings is 1. The van der Waals surface area contributed by atoms with Crippen LogP contribution in [0.2, 0.25) is 0 Å². The van der Waals surface area contributed by atoms with Gasteiger partial charge in [-0.1, -0.05) is 30.0 Å². The first-order valence-electron chi connectivity index (χ1n) is 5.88. The normalized spacial score (nSPS) is 10.8. The minimum atomic E-state index is -1.05. The summed E-state index contributed by atoms with van der Waals surface area (Å²) in [4.78, 5) is 18.4. The summed E-state index contributed by atoms with van der Waals surface area (Å²) in [5.74, 6) is -1.05. The minimum absolute atomic E-state index is 0.0682. The number of nitrogens with two attached hydrogens (primary N) is 1. The van der Waals surface area contributed by atoms with Crippen LogP contribution in [-0.4, -0.2) is 21.0 Å². The van der Waals surface area contributed by atoms with Crippen molar-refractivity contribution in [2.24, 2.45) is 0 Å². The van der Waals surface area contributed by atoms with Crippen molar-refractivity contribution in [2.45, 2.75) is 10.1 Å². The molecule has 0 fully saturated rings. The molecule has 0 radical (unpaired) electrons. The topological polar surface area (TPSA) is 92.0 Å². The van der Waals surface area contributed by atoms with Crippen molar-refractivity contribution in [2.75, 3.05) is 5.73 Å². The first-order valence-corrected chi connectivity index (χ1v) is 6.70. The molecule has 0 aliphatic rings. The molecule has 6 heteroatoms. The molecule has 20 heavy (non-hydrogen) atoms. The second kappa shape index (κ2) is 4.90. The highest BCUT2D eigenvalue weighted by molar-refractivity contribution is 7.99. The molecule has 0 amide bonds. The number of carboxylic acids is 1. The van der Waals surface area contributed by atoms with E-state index in [1.807, 2.05) is 30.3 Å². The van der Waals surface area contributed by atoms with Gasteiger partial charge in [0.25, 0.3) is 0 Å². The number of nitrogens with zero attached hydrogens (tertiary/aromatic N) is 1. The second-order valence-electron chi connectivity index (χ2n) is 4.21. The van der Waals surface area contributed by atoms with E-state index in [-0.39, 0.29) is 11.3 Å². The van der Waals surface area contributed by atoms with Crippen molar-refractivity contribution in [3.8, 4) is 0 Å². The number of rotatable bonds is 3. The third-order valence-corrected chi connectivity index (χ3v) is 3.85. The minimum Gasteiger partial charge on any atom is -0.478 e. The molecule has 0 spiro atoms. The molecular weight excluding hydrogens is 274 g/mol. The molecule has 3 rings (SSSR count). The number of anilines is 1. The van der Waals surface area contributed by atoms with Crippen molar-refractivity contribution in [3.05, 3.63) is 48.2 Å². The SMILES string of the molecule is Nc1c(C(=O)O)ccnc1Sc1cc2ccccc2[nH]1. The highest BCUT2D eigenvalue weighted by atomic mass is 32.2. The van der Waals surface area contributed by atoms with Crippen molar-refractivity contribution in [1.82, 2.24) is 9.97 Å². The smallest absolute Gasteiger partial charge is 0.337 e. The third-order valence-electron chi connectivity index (χ3n) is 2.90. The first kappa shape index (κ1) is 12.6. The molecule has 0 unspecified atom stereocenters. The predicted molar refractivity (Wildman–Crippen MR) is 78.0 cm³/mol. The molecule has 0 saturated carbocycles. The van der Waals surface area contributed by atoms with E-state index in [0.717, 1.165) is 15.9 Å². The Labute approximate surface area is 118 Å². The average molecular weight is 285 g/mol. The first-order chi connectivity index (χ1) is 9.65. The van der Waals surface area contributed by atoms with Crippen LogP contribution in [-0.2, 0) is 0 Å². The number of aromatic amines is 1. The Morgan fingerprint density at radius 3 is 2.85 bits per heavy atom. The Balaban J connectivity index is 1.98. The van der Waals surface area contributed by atoms with Crippen LogP contribution < -0.4 is 5.73 Å². The monoisotopic (exact) mass is 285 g/mol. The van der Waals surface area contributed by atoms with Gasteiger partial charge in [0.1, 0.15) is 5.03 Å². The van der Waals surface area contributed by atoms with Gasteiger partial charge in [-0.3, -0.25) is 0 Å². The molecule has 100 valence electrons. The lowest BCUT2D eigenvalue weighted by Crippen LogP contribution is -2.04. The van der Waals surface area contributed by atoms with Gasteiger partial charge >= 0.3 is 5.97 Å². The summed E-state index contributed by atoms with van der Waals surface area (Å²) >= 11 is 1.32. The van der Waals surface area contributed by atoms with E-state index >= 15 is 0 Å². The molecule has 0 saturated heterocycles. The van der Waals surface area contributed by atoms with Crippen LogP contribution in [0.3, 0.4) is 0 Å². The van der Waals surface area contributed by atoms with Gasteiger partial charge in [-0.2, -0.15) is 0 Å². The van der Waals surface area contributed by atoms with Crippen molar-refractivity contribution >= 4 is 34.3 Å². The van der Waals surface area contributed by atoms with Gasteiger partial charge < -0.3 is 15.8 Å². The van der Waals surface area contributed by atoms with Gasteiger partial charge in [0, 0.05) is 17.1 Å². The molecule has 5 nitrogen and oxygen atoms in total. The van der Waals surface area contributed by atoms with Crippen LogP contribution in [0.1, 0.15) is 10.4 Å². The molecule has 2 heterocycles. The number of fused-ring (bicyclic) bond motifs is 1. The lowest BCUT2D eigenvalue weighted by molar-refractivity contribution is 0.0697. The molecule has 0 atom stereocenters. The number of aromatic carboxylic acids is 1. The van der Waals surface area contributed by atoms with Gasteiger partial charge in [-0.25, -0.2) is 9.78 Å². The number of carboxylic acid groups (broad SMARTS) is 1. The van der Waals surface area contributed by atoms with E-state index < -0.39 is 5.97 Å². The third kappa shape index (κ3) is 2.21. The zero-order valence-electron chi connectivity index (χ0n) is 10.3. The van der Waals surface area contributed by atoms with E-state index in [2.05, 4.69) is 9.97 Å². The maximum absolute atomic E-state index is 11.0. The summed E-state index contributed by atoms with van der Waals surface area (Å²) in [5, 5.41) is 11.5. The number of aromatic nitrogens is 2. The molecule has 1 aromatic carbocycles. The van der Waals surface area contributed by atoms with Crippen LogP contribution >= 0.6 is 11.8 Å². The molecule has 3 aromatic rings. The molecule has 4 N–H and O–H groups in total. The number of nitrogens with one attached hydrogen (secondary N) is 1. The standard InChI is InChI=1S/C14H11N3O2S/c15-12-9(14(18)19)5-6-16-13(12)20-11-7-8-3-1-2-4-10(8)17-11/h1-7,17H,15H2,(H,18,19). The van der Waals surface area contributed by atoms with Gasteiger partial charge in [0.05, 0.1) is 16.3 Å². The number of carbonyl (C=O) groups is 1. The summed E-state index contributed by atoms with van der Waals surface area (Å²) in [6.45, 7) is 0. The van der Waals surface area contributed by atoms with Crippen molar-refractivity contribution in [3.63, 3.8) is 0 Å². The average Bonchev–Trinajstić information content (AvgIpc) is 2.83. The Bertz CT molecular complexity index is 765. The quantitative estimate of drug-likeness (QED) is 0.688. The maximum atomic E-state index is 11.0. The number of nitrogen functional groups attached to an aromatic ring is 1. The van der Waals surface area contributed by atoms with E-state index in [1.165, 1.54) is 24.0 Å². The molecular formula is C14H11N3O2S. The van der Waals surface area contributed by atoms with Gasteiger partial charge in [0.15, 0.2) is 0 Å². The molecule has 0 aliphatic carbocycles. The Hall–Kier alpha value is -2.47. The fourth-order valence-corrected chi connectivity index (χ4v) is 2.82. The predicted octanol–water partition coefficient (Wildman–Crippen LogP) is 2.99. The highest BCUT2D eigenvalue weighted by Crippen LogP contribution is 2.33. The van der Waals surface area contributed by atoms with Crippen LogP contribution in [0, 0.1) is 0 Å². The van der Waals surface area contributed by atoms with Crippen molar-refractivity contribution < 1.29 is 9.90 Å². The highest BCUT2D eigenvalue weighted by Gasteiger charge is 2.14. The van der Waals surface area contributed by atoms with E-state index in [9.17, 15) is 4.79 Å². The van der Waals surface area contributed by atoms with Gasteiger partial charge in [-0.15, -0.1) is 0 Å². The lowest BCUT2D eigenvalue weighted by atomic mass is 10.2. The fourth-order valence-electron chi connectivity index (χ4n) is 1.93. The molecule has 0 aliphatic heterocycles. The van der Waals surface area contributed by atoms with Crippen LogP contribution in [0.25, 0.3) is 10.9 Å². The summed E-state index contributed by atoms with van der Waals surface area (Å²) in [7, 11) is 0. The lowest BCUT2D eigenvalue weighted by Gasteiger charge is -2.05. The zero-order chi connectivity index (χ0) is 14.1. The Morgan fingerprint density at radius 2 is 2.10 bits per heavy atom. The summed E-state index contributed by atoms with van der Waals surface area (Å²) in [6.07, 6.45) is 1.45. The fraction of sp³-hybridized carbons (Fsp3) is 0. The van der Waals surface area contributed by atoms with Crippen molar-refractivity contribution in [1.29, 1.82) is 0 Å².